The van der Waals surface area contributed by atoms with Crippen LogP contribution in [0.15, 0.2) is 18.2 Å². The highest BCUT2D eigenvalue weighted by atomic mass is 35.5. The Hall–Kier alpha value is -0.440. The minimum Gasteiger partial charge on any atom is -0.489 e. The first-order valence-corrected chi connectivity index (χ1v) is 7.55. The third-order valence-electron chi connectivity index (χ3n) is 2.99. The van der Waals surface area contributed by atoms with Gasteiger partial charge in [-0.1, -0.05) is 43.1 Å². The van der Waals surface area contributed by atoms with Crippen LogP contribution in [0.3, 0.4) is 0 Å². The average Bonchev–Trinajstić information content (AvgIpc) is 2.37. The Balaban J connectivity index is 2.66. The Morgan fingerprint density at radius 2 is 1.89 bits per heavy atom. The van der Waals surface area contributed by atoms with Crippen molar-refractivity contribution in [1.82, 2.24) is 5.32 Å². The summed E-state index contributed by atoms with van der Waals surface area (Å²) in [6.45, 7) is 5.38. The molecule has 1 atom stereocenters. The van der Waals surface area contributed by atoms with Crippen LogP contribution in [-0.2, 0) is 0 Å². The third-order valence-corrected chi connectivity index (χ3v) is 3.79. The molecule has 0 fully saturated rings. The highest BCUT2D eigenvalue weighted by Crippen LogP contribution is 2.33. The second-order valence-electron chi connectivity index (χ2n) is 5.16. The fraction of sp³-hybridized carbons (Fsp3) is 0.600. The van der Waals surface area contributed by atoms with E-state index in [1.54, 1.807) is 6.07 Å². The fourth-order valence-electron chi connectivity index (χ4n) is 1.84. The summed E-state index contributed by atoms with van der Waals surface area (Å²) in [5.41, 5.74) is 0. The predicted octanol–water partition coefficient (Wildman–Crippen LogP) is 4.79. The van der Waals surface area contributed by atoms with Crippen molar-refractivity contribution in [3.63, 3.8) is 0 Å². The van der Waals surface area contributed by atoms with E-state index >= 15 is 0 Å². The van der Waals surface area contributed by atoms with Gasteiger partial charge < -0.3 is 10.1 Å². The van der Waals surface area contributed by atoms with Crippen LogP contribution < -0.4 is 10.1 Å². The Bertz CT molecular complexity index is 382. The molecule has 0 radical (unpaired) electrons. The normalized spacial score (nSPS) is 12.7. The second kappa shape index (κ2) is 8.68. The molecule has 0 saturated carbocycles. The predicted molar refractivity (Wildman–Crippen MR) is 83.5 cm³/mol. The van der Waals surface area contributed by atoms with Gasteiger partial charge in [-0.05, 0) is 50.9 Å². The van der Waals surface area contributed by atoms with Crippen LogP contribution in [0.1, 0.15) is 33.1 Å². The van der Waals surface area contributed by atoms with Crippen molar-refractivity contribution in [2.24, 2.45) is 5.92 Å². The van der Waals surface area contributed by atoms with Crippen LogP contribution in [0.4, 0.5) is 0 Å². The monoisotopic (exact) mass is 303 g/mol. The molecular weight excluding hydrogens is 281 g/mol. The quantitative estimate of drug-likeness (QED) is 0.746. The highest BCUT2D eigenvalue weighted by Gasteiger charge is 2.14. The van der Waals surface area contributed by atoms with Crippen molar-refractivity contribution in [2.75, 3.05) is 13.6 Å². The van der Waals surface area contributed by atoms with Crippen LogP contribution in [-0.4, -0.2) is 19.7 Å². The topological polar surface area (TPSA) is 21.3 Å². The van der Waals surface area contributed by atoms with Crippen molar-refractivity contribution in [3.05, 3.63) is 28.2 Å². The lowest BCUT2D eigenvalue weighted by Gasteiger charge is -2.21. The van der Waals surface area contributed by atoms with E-state index in [0.717, 1.165) is 25.8 Å². The first kappa shape index (κ1) is 16.6. The molecule has 0 aliphatic heterocycles. The molecule has 0 aromatic heterocycles. The average molecular weight is 304 g/mol. The van der Waals surface area contributed by atoms with E-state index < -0.39 is 0 Å². The van der Waals surface area contributed by atoms with Crippen LogP contribution in [0.5, 0.6) is 5.75 Å². The minimum absolute atomic E-state index is 0.172. The van der Waals surface area contributed by atoms with Gasteiger partial charge in [0.15, 0.2) is 0 Å². The van der Waals surface area contributed by atoms with Gasteiger partial charge in [0.25, 0.3) is 0 Å². The minimum atomic E-state index is 0.172. The van der Waals surface area contributed by atoms with Crippen LogP contribution in [0, 0.1) is 5.92 Å². The summed E-state index contributed by atoms with van der Waals surface area (Å²) in [7, 11) is 1.95. The third kappa shape index (κ3) is 6.03. The van der Waals surface area contributed by atoms with Gasteiger partial charge in [0.2, 0.25) is 0 Å². The smallest absolute Gasteiger partial charge is 0.139 e. The molecule has 108 valence electrons. The zero-order valence-electron chi connectivity index (χ0n) is 11.9. The lowest BCUT2D eigenvalue weighted by atomic mass is 10.0. The maximum atomic E-state index is 6.16. The number of hydrogen-bond acceptors (Lipinski definition) is 2. The van der Waals surface area contributed by atoms with Crippen LogP contribution in [0.25, 0.3) is 0 Å². The molecule has 0 spiro atoms. The molecule has 0 heterocycles. The number of nitrogens with one attached hydrogen (secondary N) is 1. The first-order chi connectivity index (χ1) is 9.04. The molecule has 1 rings (SSSR count). The molecule has 1 aromatic rings. The van der Waals surface area contributed by atoms with Gasteiger partial charge in [0.1, 0.15) is 16.9 Å². The summed E-state index contributed by atoms with van der Waals surface area (Å²) in [6, 6.07) is 5.50. The van der Waals surface area contributed by atoms with E-state index in [2.05, 4.69) is 19.2 Å². The second-order valence-corrected chi connectivity index (χ2v) is 5.94. The number of halogens is 2. The van der Waals surface area contributed by atoms with Gasteiger partial charge in [-0.2, -0.15) is 0 Å². The summed E-state index contributed by atoms with van der Waals surface area (Å²) in [5, 5.41) is 4.20. The van der Waals surface area contributed by atoms with Gasteiger partial charge in [-0.15, -0.1) is 0 Å². The van der Waals surface area contributed by atoms with E-state index in [1.807, 2.05) is 19.2 Å². The molecule has 0 aliphatic rings. The van der Waals surface area contributed by atoms with E-state index in [0.29, 0.717) is 21.7 Å². The van der Waals surface area contributed by atoms with E-state index in [1.165, 1.54) is 0 Å². The number of benzene rings is 1. The molecule has 19 heavy (non-hydrogen) atoms. The Labute approximate surface area is 126 Å². The standard InChI is InChI=1S/C15H23Cl2NO/c1-11(2)7-8-12(9-10-18-3)19-14-6-4-5-13(16)15(14)17/h4-6,11-12,18H,7-10H2,1-3H3/t12-/m0/s1. The molecule has 0 aliphatic carbocycles. The molecule has 0 unspecified atom stereocenters. The first-order valence-electron chi connectivity index (χ1n) is 6.79. The SMILES string of the molecule is CNCC[C@H](CCC(C)C)Oc1cccc(Cl)c1Cl. The largest absolute Gasteiger partial charge is 0.489 e. The molecule has 0 bridgehead atoms. The summed E-state index contributed by atoms with van der Waals surface area (Å²) in [4.78, 5) is 0. The molecule has 2 nitrogen and oxygen atoms in total. The van der Waals surface area contributed by atoms with Crippen molar-refractivity contribution in [3.8, 4) is 5.75 Å². The zero-order valence-corrected chi connectivity index (χ0v) is 13.4. The van der Waals surface area contributed by atoms with Gasteiger partial charge in [-0.3, -0.25) is 0 Å². The zero-order chi connectivity index (χ0) is 14.3. The lowest BCUT2D eigenvalue weighted by molar-refractivity contribution is 0.173. The molecular formula is C15H23Cl2NO. The van der Waals surface area contributed by atoms with Crippen molar-refractivity contribution in [2.45, 2.75) is 39.2 Å². The fourth-order valence-corrected chi connectivity index (χ4v) is 2.18. The Morgan fingerprint density at radius 3 is 2.53 bits per heavy atom. The Kier molecular flexibility index (Phi) is 7.59. The van der Waals surface area contributed by atoms with Gasteiger partial charge in [-0.25, -0.2) is 0 Å². The number of rotatable bonds is 8. The van der Waals surface area contributed by atoms with Gasteiger partial charge in [0.05, 0.1) is 5.02 Å². The molecule has 1 aromatic carbocycles. The van der Waals surface area contributed by atoms with Crippen molar-refractivity contribution >= 4 is 23.2 Å². The van der Waals surface area contributed by atoms with Crippen molar-refractivity contribution < 1.29 is 4.74 Å². The summed E-state index contributed by atoms with van der Waals surface area (Å²) in [6.07, 6.45) is 3.31. The Morgan fingerprint density at radius 1 is 1.16 bits per heavy atom. The van der Waals surface area contributed by atoms with Crippen LogP contribution in [0.2, 0.25) is 10.0 Å². The van der Waals surface area contributed by atoms with Crippen molar-refractivity contribution in [1.29, 1.82) is 0 Å². The lowest BCUT2D eigenvalue weighted by Crippen LogP contribution is -2.23. The maximum absolute atomic E-state index is 6.16. The number of ether oxygens (including phenoxy) is 1. The van der Waals surface area contributed by atoms with E-state index in [-0.39, 0.29) is 6.10 Å². The van der Waals surface area contributed by atoms with Gasteiger partial charge >= 0.3 is 0 Å². The molecule has 0 saturated heterocycles. The van der Waals surface area contributed by atoms with Crippen LogP contribution >= 0.6 is 23.2 Å². The van der Waals surface area contributed by atoms with E-state index in [9.17, 15) is 0 Å². The maximum Gasteiger partial charge on any atom is 0.139 e. The molecule has 4 heteroatoms. The number of hydrogen-bond donors (Lipinski definition) is 1. The summed E-state index contributed by atoms with van der Waals surface area (Å²) < 4.78 is 6.02. The van der Waals surface area contributed by atoms with Gasteiger partial charge in [0, 0.05) is 0 Å². The molecule has 0 amide bonds. The van der Waals surface area contributed by atoms with E-state index in [4.69, 9.17) is 27.9 Å². The summed E-state index contributed by atoms with van der Waals surface area (Å²) in [5.74, 6) is 1.36. The molecule has 1 N–H and O–H groups in total. The summed E-state index contributed by atoms with van der Waals surface area (Å²) >= 11 is 12.2. The highest BCUT2D eigenvalue weighted by molar-refractivity contribution is 6.42.